The Morgan fingerprint density at radius 1 is 1.04 bits per heavy atom. The van der Waals surface area contributed by atoms with E-state index < -0.39 is 0 Å². The molecular weight excluding hydrogens is 362 g/mol. The van der Waals surface area contributed by atoms with Gasteiger partial charge in [-0.1, -0.05) is 35.9 Å². The predicted octanol–water partition coefficient (Wildman–Crippen LogP) is 4.58. The molecule has 0 amide bonds. The molecule has 2 aromatic carbocycles. The minimum atomic E-state index is -0.168. The van der Waals surface area contributed by atoms with Crippen LogP contribution in [0.4, 0.5) is 0 Å². The van der Waals surface area contributed by atoms with Crippen molar-refractivity contribution in [3.63, 3.8) is 0 Å². The van der Waals surface area contributed by atoms with Gasteiger partial charge in [-0.3, -0.25) is 4.79 Å². The van der Waals surface area contributed by atoms with Crippen molar-refractivity contribution in [3.8, 4) is 22.7 Å². The summed E-state index contributed by atoms with van der Waals surface area (Å²) in [7, 11) is 0. The van der Waals surface area contributed by atoms with Crippen LogP contribution in [-0.2, 0) is 6.54 Å². The summed E-state index contributed by atoms with van der Waals surface area (Å²) < 4.78 is 6.90. The molecule has 0 radical (unpaired) electrons. The lowest BCUT2D eigenvalue weighted by molar-refractivity contribution is 0.573. The van der Waals surface area contributed by atoms with Crippen LogP contribution in [0.2, 0.25) is 5.02 Å². The third-order valence-electron chi connectivity index (χ3n) is 4.11. The first kappa shape index (κ1) is 17.2. The number of aromatic nitrogens is 3. The van der Waals surface area contributed by atoms with Crippen molar-refractivity contribution in [2.75, 3.05) is 0 Å². The molecular formula is C21H16ClN3O2. The van der Waals surface area contributed by atoms with Crippen LogP contribution in [0.1, 0.15) is 11.3 Å². The van der Waals surface area contributed by atoms with Crippen LogP contribution < -0.4 is 5.56 Å². The molecule has 134 valence electrons. The molecule has 2 aromatic heterocycles. The lowest BCUT2D eigenvalue weighted by Gasteiger charge is -2.08. The van der Waals surface area contributed by atoms with Crippen molar-refractivity contribution in [1.82, 2.24) is 14.8 Å². The highest BCUT2D eigenvalue weighted by molar-refractivity contribution is 6.30. The van der Waals surface area contributed by atoms with Crippen LogP contribution in [0, 0.1) is 6.92 Å². The summed E-state index contributed by atoms with van der Waals surface area (Å²) in [6, 6.07) is 18.3. The summed E-state index contributed by atoms with van der Waals surface area (Å²) in [6.07, 6.45) is 1.61. The minimum Gasteiger partial charge on any atom is -0.444 e. The van der Waals surface area contributed by atoms with Crippen LogP contribution in [-0.4, -0.2) is 14.8 Å². The van der Waals surface area contributed by atoms with Gasteiger partial charge >= 0.3 is 0 Å². The lowest BCUT2D eigenvalue weighted by Crippen LogP contribution is -2.22. The molecule has 0 saturated carbocycles. The number of aryl methyl sites for hydroxylation is 1. The van der Waals surface area contributed by atoms with E-state index in [4.69, 9.17) is 16.0 Å². The van der Waals surface area contributed by atoms with Crippen molar-refractivity contribution in [1.29, 1.82) is 0 Å². The summed E-state index contributed by atoms with van der Waals surface area (Å²) in [5.41, 5.74) is 4.00. The van der Waals surface area contributed by atoms with E-state index in [-0.39, 0.29) is 5.56 Å². The summed E-state index contributed by atoms with van der Waals surface area (Å²) >= 11 is 6.06. The largest absolute Gasteiger partial charge is 0.444 e. The molecule has 0 fully saturated rings. The summed E-state index contributed by atoms with van der Waals surface area (Å²) in [6.45, 7) is 2.22. The van der Waals surface area contributed by atoms with E-state index in [0.717, 1.165) is 22.4 Å². The first-order chi connectivity index (χ1) is 13.1. The fourth-order valence-electron chi connectivity index (χ4n) is 2.83. The molecule has 0 saturated heterocycles. The van der Waals surface area contributed by atoms with Gasteiger partial charge in [-0.15, -0.1) is 0 Å². The molecule has 0 spiro atoms. The Morgan fingerprint density at radius 3 is 2.63 bits per heavy atom. The first-order valence-corrected chi connectivity index (χ1v) is 8.82. The Bertz CT molecular complexity index is 1160. The average Bonchev–Trinajstić information content (AvgIpc) is 3.10. The van der Waals surface area contributed by atoms with E-state index in [1.165, 1.54) is 10.7 Å². The number of oxazole rings is 1. The quantitative estimate of drug-likeness (QED) is 0.522. The Morgan fingerprint density at radius 2 is 1.85 bits per heavy atom. The second kappa shape index (κ2) is 7.21. The molecule has 4 rings (SSSR count). The highest BCUT2D eigenvalue weighted by Crippen LogP contribution is 2.21. The zero-order valence-corrected chi connectivity index (χ0v) is 15.3. The van der Waals surface area contributed by atoms with Crippen molar-refractivity contribution in [3.05, 3.63) is 93.6 Å². The molecule has 0 unspecified atom stereocenters. The molecule has 0 atom stereocenters. The molecule has 0 aliphatic heterocycles. The first-order valence-electron chi connectivity index (χ1n) is 8.44. The Kier molecular flexibility index (Phi) is 4.60. The fourth-order valence-corrected chi connectivity index (χ4v) is 3.02. The summed E-state index contributed by atoms with van der Waals surface area (Å²) in [5.74, 6) is 0.558. The Balaban J connectivity index is 1.67. The highest BCUT2D eigenvalue weighted by Gasteiger charge is 2.08. The number of benzene rings is 2. The van der Waals surface area contributed by atoms with E-state index in [1.807, 2.05) is 49.4 Å². The second-order valence-corrected chi connectivity index (χ2v) is 6.66. The molecule has 0 N–H and O–H groups in total. The average molecular weight is 378 g/mol. The molecule has 27 heavy (non-hydrogen) atoms. The molecule has 4 aromatic rings. The van der Waals surface area contributed by atoms with E-state index in [1.54, 1.807) is 18.4 Å². The van der Waals surface area contributed by atoms with Gasteiger partial charge in [0, 0.05) is 22.2 Å². The molecule has 6 heteroatoms. The van der Waals surface area contributed by atoms with Crippen LogP contribution in [0.15, 0.2) is 76.1 Å². The van der Waals surface area contributed by atoms with Crippen LogP contribution in [0.3, 0.4) is 0 Å². The van der Waals surface area contributed by atoms with Crippen LogP contribution in [0.25, 0.3) is 22.7 Å². The monoisotopic (exact) mass is 377 g/mol. The third-order valence-corrected chi connectivity index (χ3v) is 4.35. The van der Waals surface area contributed by atoms with Gasteiger partial charge in [-0.2, -0.15) is 5.10 Å². The molecule has 0 bridgehead atoms. The highest BCUT2D eigenvalue weighted by atomic mass is 35.5. The zero-order valence-electron chi connectivity index (χ0n) is 14.6. The zero-order chi connectivity index (χ0) is 18.8. The normalized spacial score (nSPS) is 10.9. The van der Waals surface area contributed by atoms with Gasteiger partial charge in [0.1, 0.15) is 6.26 Å². The lowest BCUT2D eigenvalue weighted by atomic mass is 10.1. The van der Waals surface area contributed by atoms with E-state index in [0.29, 0.717) is 23.2 Å². The maximum Gasteiger partial charge on any atom is 0.267 e. The molecule has 2 heterocycles. The van der Waals surface area contributed by atoms with E-state index in [2.05, 4.69) is 10.1 Å². The fraction of sp³-hybridized carbons (Fsp3) is 0.0952. The van der Waals surface area contributed by atoms with Crippen molar-refractivity contribution in [2.45, 2.75) is 13.5 Å². The third kappa shape index (κ3) is 3.83. The maximum atomic E-state index is 12.3. The van der Waals surface area contributed by atoms with Gasteiger partial charge < -0.3 is 4.42 Å². The van der Waals surface area contributed by atoms with Crippen molar-refractivity contribution in [2.24, 2.45) is 0 Å². The Hall–Kier alpha value is -3.18. The van der Waals surface area contributed by atoms with E-state index >= 15 is 0 Å². The second-order valence-electron chi connectivity index (χ2n) is 6.22. The van der Waals surface area contributed by atoms with Crippen molar-refractivity contribution >= 4 is 11.6 Å². The van der Waals surface area contributed by atoms with Gasteiger partial charge in [0.25, 0.3) is 5.56 Å². The minimum absolute atomic E-state index is 0.168. The van der Waals surface area contributed by atoms with Crippen molar-refractivity contribution < 1.29 is 4.42 Å². The predicted molar refractivity (Wildman–Crippen MR) is 105 cm³/mol. The van der Waals surface area contributed by atoms with Gasteiger partial charge in [0.2, 0.25) is 5.89 Å². The topological polar surface area (TPSA) is 60.9 Å². The van der Waals surface area contributed by atoms with Crippen LogP contribution >= 0.6 is 11.6 Å². The van der Waals surface area contributed by atoms with Crippen LogP contribution in [0.5, 0.6) is 0 Å². The molecule has 0 aliphatic carbocycles. The molecule has 5 nitrogen and oxygen atoms in total. The Labute approximate surface area is 160 Å². The summed E-state index contributed by atoms with van der Waals surface area (Å²) in [4.78, 5) is 16.6. The summed E-state index contributed by atoms with van der Waals surface area (Å²) in [5, 5.41) is 5.12. The number of hydrogen-bond donors (Lipinski definition) is 0. The van der Waals surface area contributed by atoms with E-state index in [9.17, 15) is 4.79 Å². The number of nitrogens with zero attached hydrogens (tertiary/aromatic N) is 3. The standard InChI is InChI=1S/C21H16ClN3O2/c1-14-13-27-21(23-14)17-6-2-4-15(10-17)12-25-20(26)9-8-19(24-25)16-5-3-7-18(22)11-16/h2-11,13H,12H2,1H3. The van der Waals surface area contributed by atoms with Gasteiger partial charge in [-0.25, -0.2) is 9.67 Å². The van der Waals surface area contributed by atoms with Gasteiger partial charge in [0.05, 0.1) is 17.9 Å². The number of halogens is 1. The number of rotatable bonds is 4. The maximum absolute atomic E-state index is 12.3. The number of hydrogen-bond acceptors (Lipinski definition) is 4. The van der Waals surface area contributed by atoms with Gasteiger partial charge in [-0.05, 0) is 42.8 Å². The van der Waals surface area contributed by atoms with Gasteiger partial charge in [0.15, 0.2) is 0 Å². The molecule has 0 aliphatic rings. The SMILES string of the molecule is Cc1coc(-c2cccc(Cn3nc(-c4cccc(Cl)c4)ccc3=O)c2)n1. The smallest absolute Gasteiger partial charge is 0.267 e.